The van der Waals surface area contributed by atoms with Crippen LogP contribution in [-0.4, -0.2) is 23.6 Å². The van der Waals surface area contributed by atoms with E-state index in [1.54, 1.807) is 0 Å². The van der Waals surface area contributed by atoms with Crippen LogP contribution in [-0.2, 0) is 0 Å². The molecule has 0 aliphatic rings. The fourth-order valence-electron chi connectivity index (χ4n) is 0.889. The third-order valence-corrected chi connectivity index (χ3v) is 3.35. The molecule has 0 aliphatic carbocycles. The molecule has 0 radical (unpaired) electrons. The van der Waals surface area contributed by atoms with Gasteiger partial charge < -0.3 is 5.32 Å². The average molecular weight is 189 g/mol. The largest absolute Gasteiger partial charge is 0.313 e. The van der Waals surface area contributed by atoms with Gasteiger partial charge in [-0.3, -0.25) is 0 Å². The van der Waals surface area contributed by atoms with E-state index >= 15 is 0 Å². The third kappa shape index (κ3) is 6.99. The van der Waals surface area contributed by atoms with E-state index in [2.05, 4.69) is 44.8 Å². The Balaban J connectivity index is 3.24. The molecule has 0 saturated heterocycles. The molecule has 1 N–H and O–H groups in total. The second-order valence-corrected chi connectivity index (χ2v) is 4.95. The Labute approximate surface area is 81.7 Å². The molecule has 0 aromatic heterocycles. The van der Waals surface area contributed by atoms with Gasteiger partial charge in [0, 0.05) is 17.8 Å². The van der Waals surface area contributed by atoms with Crippen molar-refractivity contribution in [3.63, 3.8) is 0 Å². The fraction of sp³-hybridized carbons (Fsp3) is 1.00. The van der Waals surface area contributed by atoms with Crippen molar-refractivity contribution in [3.05, 3.63) is 0 Å². The predicted octanol–water partition coefficient (Wildman–Crippen LogP) is 2.91. The molecule has 0 bridgehead atoms. The second-order valence-electron chi connectivity index (χ2n) is 3.40. The summed E-state index contributed by atoms with van der Waals surface area (Å²) in [6.45, 7) is 10.2. The smallest absolute Gasteiger partial charge is 0.0144 e. The summed E-state index contributed by atoms with van der Waals surface area (Å²) in [7, 11) is 0. The van der Waals surface area contributed by atoms with Crippen LogP contribution >= 0.6 is 11.8 Å². The second kappa shape index (κ2) is 7.93. The normalized spacial score (nSPS) is 16.0. The summed E-state index contributed by atoms with van der Waals surface area (Å²) in [5.74, 6) is 1.29. The summed E-state index contributed by atoms with van der Waals surface area (Å²) in [6.07, 6.45) is 2.52. The number of rotatable bonds is 7. The molecule has 0 heterocycles. The van der Waals surface area contributed by atoms with E-state index < -0.39 is 0 Å². The van der Waals surface area contributed by atoms with Gasteiger partial charge in [0.15, 0.2) is 0 Å². The summed E-state index contributed by atoms with van der Waals surface area (Å²) in [6, 6.07) is 0.676. The number of hydrogen-bond donors (Lipinski definition) is 1. The highest BCUT2D eigenvalue weighted by atomic mass is 32.2. The monoisotopic (exact) mass is 189 g/mol. The Bertz CT molecular complexity index is 95.8. The van der Waals surface area contributed by atoms with Gasteiger partial charge in [-0.1, -0.05) is 20.8 Å². The van der Waals surface area contributed by atoms with Crippen LogP contribution in [0.1, 0.15) is 40.5 Å². The Morgan fingerprint density at radius 3 is 2.42 bits per heavy atom. The first-order chi connectivity index (χ1) is 5.70. The minimum absolute atomic E-state index is 0.676. The predicted molar refractivity (Wildman–Crippen MR) is 60.0 cm³/mol. The number of nitrogens with one attached hydrogen (secondary N) is 1. The molecule has 1 nitrogen and oxygen atoms in total. The zero-order chi connectivity index (χ0) is 9.40. The fourth-order valence-corrected chi connectivity index (χ4v) is 1.74. The highest BCUT2D eigenvalue weighted by Crippen LogP contribution is 2.10. The summed E-state index contributed by atoms with van der Waals surface area (Å²) in [5, 5.41) is 4.28. The first-order valence-electron chi connectivity index (χ1n) is 5.05. The standard InChI is InChI=1S/C10H23NS/c1-5-7-12-10(4)8-11-9(3)6-2/h9-11H,5-8H2,1-4H3. The van der Waals surface area contributed by atoms with E-state index in [0.717, 1.165) is 11.8 Å². The maximum Gasteiger partial charge on any atom is 0.0144 e. The van der Waals surface area contributed by atoms with Gasteiger partial charge in [-0.05, 0) is 25.5 Å². The molecule has 0 fully saturated rings. The Morgan fingerprint density at radius 1 is 1.25 bits per heavy atom. The molecular formula is C10H23NS. The minimum Gasteiger partial charge on any atom is -0.313 e. The zero-order valence-corrected chi connectivity index (χ0v) is 9.71. The van der Waals surface area contributed by atoms with Crippen molar-refractivity contribution in [2.75, 3.05) is 12.3 Å². The number of hydrogen-bond acceptors (Lipinski definition) is 2. The maximum atomic E-state index is 3.52. The summed E-state index contributed by atoms with van der Waals surface area (Å²) in [4.78, 5) is 0. The minimum atomic E-state index is 0.676. The first-order valence-corrected chi connectivity index (χ1v) is 6.10. The van der Waals surface area contributed by atoms with E-state index in [9.17, 15) is 0 Å². The quantitative estimate of drug-likeness (QED) is 0.661. The van der Waals surface area contributed by atoms with Crippen LogP contribution in [0.3, 0.4) is 0 Å². The van der Waals surface area contributed by atoms with Crippen molar-refractivity contribution in [1.82, 2.24) is 5.32 Å². The molecule has 2 heteroatoms. The summed E-state index contributed by atoms with van der Waals surface area (Å²) < 4.78 is 0. The Hall–Kier alpha value is 0.310. The van der Waals surface area contributed by atoms with Gasteiger partial charge in [-0.2, -0.15) is 11.8 Å². The first kappa shape index (κ1) is 12.3. The van der Waals surface area contributed by atoms with Crippen molar-refractivity contribution >= 4 is 11.8 Å². The van der Waals surface area contributed by atoms with Crippen LogP contribution in [0.2, 0.25) is 0 Å². The third-order valence-electron chi connectivity index (χ3n) is 1.97. The maximum absolute atomic E-state index is 3.52. The molecule has 0 saturated carbocycles. The highest BCUT2D eigenvalue weighted by molar-refractivity contribution is 7.99. The molecule has 74 valence electrons. The molecule has 2 atom stereocenters. The van der Waals surface area contributed by atoms with Crippen LogP contribution in [0.4, 0.5) is 0 Å². The van der Waals surface area contributed by atoms with Gasteiger partial charge in [-0.15, -0.1) is 0 Å². The van der Waals surface area contributed by atoms with Gasteiger partial charge in [0.25, 0.3) is 0 Å². The van der Waals surface area contributed by atoms with E-state index in [1.807, 2.05) is 0 Å². The molecule has 0 aromatic rings. The van der Waals surface area contributed by atoms with Crippen molar-refractivity contribution in [2.45, 2.75) is 51.8 Å². The van der Waals surface area contributed by atoms with Gasteiger partial charge in [0.1, 0.15) is 0 Å². The zero-order valence-electron chi connectivity index (χ0n) is 8.89. The number of thioether (sulfide) groups is 1. The van der Waals surface area contributed by atoms with E-state index in [0.29, 0.717) is 6.04 Å². The van der Waals surface area contributed by atoms with E-state index in [-0.39, 0.29) is 0 Å². The summed E-state index contributed by atoms with van der Waals surface area (Å²) >= 11 is 2.07. The van der Waals surface area contributed by atoms with E-state index in [1.165, 1.54) is 18.6 Å². The van der Waals surface area contributed by atoms with Gasteiger partial charge in [0.05, 0.1) is 0 Å². The molecular weight excluding hydrogens is 166 g/mol. The SMILES string of the molecule is CCCSC(C)CNC(C)CC. The highest BCUT2D eigenvalue weighted by Gasteiger charge is 2.03. The molecule has 0 rings (SSSR count). The van der Waals surface area contributed by atoms with Crippen LogP contribution in [0.5, 0.6) is 0 Å². The summed E-state index contributed by atoms with van der Waals surface area (Å²) in [5.41, 5.74) is 0. The van der Waals surface area contributed by atoms with Crippen molar-refractivity contribution in [3.8, 4) is 0 Å². The molecule has 2 unspecified atom stereocenters. The lowest BCUT2D eigenvalue weighted by atomic mass is 10.2. The molecule has 0 amide bonds. The van der Waals surface area contributed by atoms with Crippen LogP contribution in [0, 0.1) is 0 Å². The molecule has 12 heavy (non-hydrogen) atoms. The lowest BCUT2D eigenvalue weighted by Gasteiger charge is -2.15. The van der Waals surface area contributed by atoms with E-state index in [4.69, 9.17) is 0 Å². The Morgan fingerprint density at radius 2 is 1.92 bits per heavy atom. The Kier molecular flexibility index (Phi) is 8.14. The van der Waals surface area contributed by atoms with Crippen molar-refractivity contribution in [2.24, 2.45) is 0 Å². The van der Waals surface area contributed by atoms with Gasteiger partial charge in [-0.25, -0.2) is 0 Å². The average Bonchev–Trinajstić information content (AvgIpc) is 2.10. The lowest BCUT2D eigenvalue weighted by Crippen LogP contribution is -2.30. The molecule has 0 aliphatic heterocycles. The van der Waals surface area contributed by atoms with Crippen molar-refractivity contribution in [1.29, 1.82) is 0 Å². The van der Waals surface area contributed by atoms with Crippen LogP contribution < -0.4 is 5.32 Å². The van der Waals surface area contributed by atoms with Gasteiger partial charge in [0.2, 0.25) is 0 Å². The topological polar surface area (TPSA) is 12.0 Å². The lowest BCUT2D eigenvalue weighted by molar-refractivity contribution is 0.537. The van der Waals surface area contributed by atoms with Crippen molar-refractivity contribution < 1.29 is 0 Å². The van der Waals surface area contributed by atoms with Crippen LogP contribution in [0.15, 0.2) is 0 Å². The molecule has 0 spiro atoms. The van der Waals surface area contributed by atoms with Gasteiger partial charge >= 0.3 is 0 Å². The van der Waals surface area contributed by atoms with Crippen LogP contribution in [0.25, 0.3) is 0 Å². The molecule has 0 aromatic carbocycles.